The Kier molecular flexibility index (Phi) is 6.19. The first kappa shape index (κ1) is 22.1. The molecule has 0 radical (unpaired) electrons. The van der Waals surface area contributed by atoms with Gasteiger partial charge in [0.2, 0.25) is 11.8 Å². The Bertz CT molecular complexity index is 1010. The van der Waals surface area contributed by atoms with Crippen LogP contribution in [0.5, 0.6) is 0 Å². The van der Waals surface area contributed by atoms with Gasteiger partial charge in [0, 0.05) is 18.3 Å². The molecule has 2 N–H and O–H groups in total. The summed E-state index contributed by atoms with van der Waals surface area (Å²) < 4.78 is 16.2. The molecule has 1 amide bonds. The average molecular weight is 426 g/mol. The highest BCUT2D eigenvalue weighted by Gasteiger charge is 2.63. The third-order valence-corrected chi connectivity index (χ3v) is 5.38. The number of amides is 1. The predicted octanol–water partition coefficient (Wildman–Crippen LogP) is 2.45. The first-order chi connectivity index (χ1) is 14.8. The lowest BCUT2D eigenvalue weighted by atomic mass is 9.67. The third kappa shape index (κ3) is 3.37. The maximum atomic E-state index is 13.8. The zero-order chi connectivity index (χ0) is 22.8. The van der Waals surface area contributed by atoms with E-state index in [0.717, 1.165) is 6.42 Å². The molecule has 0 aromatic heterocycles. The first-order valence-electron chi connectivity index (χ1n) is 10.0. The fourth-order valence-corrected chi connectivity index (χ4v) is 4.02. The number of hydrogen-bond acceptors (Lipinski definition) is 7. The van der Waals surface area contributed by atoms with Crippen molar-refractivity contribution in [2.45, 2.75) is 32.1 Å². The number of benzene rings is 1. The molecule has 0 saturated carbocycles. The number of likely N-dealkylation sites (N-methyl/N-ethyl adjacent to an activating group) is 1. The molecule has 1 aromatic rings. The van der Waals surface area contributed by atoms with Gasteiger partial charge in [-0.05, 0) is 19.4 Å². The molecular formula is C23H26N2O6. The number of carbonyl (C=O) groups excluding carboxylic acids is 3. The van der Waals surface area contributed by atoms with Crippen molar-refractivity contribution in [3.8, 4) is 0 Å². The molecule has 1 aromatic carbocycles. The van der Waals surface area contributed by atoms with Crippen molar-refractivity contribution in [3.63, 3.8) is 0 Å². The van der Waals surface area contributed by atoms with Gasteiger partial charge in [0.1, 0.15) is 28.9 Å². The van der Waals surface area contributed by atoms with Crippen molar-refractivity contribution in [1.82, 2.24) is 0 Å². The zero-order valence-electron chi connectivity index (χ0n) is 17.9. The van der Waals surface area contributed by atoms with Gasteiger partial charge in [-0.15, -0.1) is 0 Å². The number of nitrogens with two attached hydrogens (primary N) is 1. The summed E-state index contributed by atoms with van der Waals surface area (Å²) in [5.74, 6) is -2.34. The fraction of sp³-hybridized carbons (Fsp3) is 0.348. The van der Waals surface area contributed by atoms with Crippen molar-refractivity contribution in [3.05, 3.63) is 65.3 Å². The van der Waals surface area contributed by atoms with Crippen LogP contribution in [0.1, 0.15) is 32.3 Å². The second kappa shape index (κ2) is 8.67. The molecular weight excluding hydrogens is 400 g/mol. The largest absolute Gasteiger partial charge is 0.462 e. The molecule has 8 nitrogen and oxygen atoms in total. The van der Waals surface area contributed by atoms with E-state index in [-0.39, 0.29) is 36.0 Å². The first-order valence-corrected chi connectivity index (χ1v) is 10.0. The van der Waals surface area contributed by atoms with Gasteiger partial charge >= 0.3 is 11.9 Å². The number of rotatable bonds is 7. The van der Waals surface area contributed by atoms with E-state index < -0.39 is 23.3 Å². The minimum atomic E-state index is -1.83. The number of unbranched alkanes of at least 4 members (excludes halogenated alkanes) is 1. The highest BCUT2D eigenvalue weighted by atomic mass is 16.5. The number of carbonyl (C=O) groups is 3. The minimum absolute atomic E-state index is 0.0765. The average Bonchev–Trinajstić information content (AvgIpc) is 2.95. The topological polar surface area (TPSA) is 108 Å². The normalized spacial score (nSPS) is 20.0. The number of para-hydroxylation sites is 1. The van der Waals surface area contributed by atoms with Crippen LogP contribution in [0.4, 0.5) is 5.69 Å². The van der Waals surface area contributed by atoms with E-state index in [9.17, 15) is 14.4 Å². The predicted molar refractivity (Wildman–Crippen MR) is 114 cm³/mol. The number of hydrogen-bond donors (Lipinski definition) is 1. The molecule has 2 aliphatic rings. The standard InChI is InChI=1S/C23H26N2O6/c1-5-7-13-30-21(27)18-19(24)31-14(3)17(20(26)29-12-6-2)23(18)15-10-8-9-11-16(15)25(4)22(23)28/h6,8-11H,2,5,7,12-13,24H2,1,3-4H3/t23-/m1/s1. The van der Waals surface area contributed by atoms with E-state index >= 15 is 0 Å². The summed E-state index contributed by atoms with van der Waals surface area (Å²) in [6.45, 7) is 7.07. The second-order valence-corrected chi connectivity index (χ2v) is 7.28. The highest BCUT2D eigenvalue weighted by molar-refractivity contribution is 6.22. The Balaban J connectivity index is 2.28. The van der Waals surface area contributed by atoms with Crippen LogP contribution in [0.3, 0.4) is 0 Å². The number of ether oxygens (including phenoxy) is 3. The monoisotopic (exact) mass is 426 g/mol. The summed E-state index contributed by atoms with van der Waals surface area (Å²) in [4.78, 5) is 41.5. The maximum absolute atomic E-state index is 13.8. The Morgan fingerprint density at radius 1 is 1.23 bits per heavy atom. The Labute approximate surface area is 180 Å². The zero-order valence-corrected chi connectivity index (χ0v) is 17.9. The molecule has 2 aliphatic heterocycles. The number of esters is 2. The van der Waals surface area contributed by atoms with Crippen LogP contribution in [0.2, 0.25) is 0 Å². The van der Waals surface area contributed by atoms with Crippen LogP contribution < -0.4 is 10.6 Å². The summed E-state index contributed by atoms with van der Waals surface area (Å²) in [5, 5.41) is 0. The van der Waals surface area contributed by atoms with Crippen LogP contribution in [-0.2, 0) is 34.0 Å². The summed E-state index contributed by atoms with van der Waals surface area (Å²) in [6, 6.07) is 6.90. The lowest BCUT2D eigenvalue weighted by Crippen LogP contribution is -2.50. The van der Waals surface area contributed by atoms with Gasteiger partial charge < -0.3 is 24.8 Å². The summed E-state index contributed by atoms with van der Waals surface area (Å²) in [7, 11) is 1.57. The van der Waals surface area contributed by atoms with Crippen molar-refractivity contribution < 1.29 is 28.6 Å². The Hall–Kier alpha value is -3.55. The molecule has 31 heavy (non-hydrogen) atoms. The SMILES string of the molecule is C=CCOC(=O)C1=C(C)OC(N)=C(C(=O)OCCCC)[C@]12C(=O)N(C)c1ccccc12. The molecule has 1 atom stereocenters. The molecule has 0 unspecified atom stereocenters. The van der Waals surface area contributed by atoms with Crippen LogP contribution in [0.15, 0.2) is 59.7 Å². The molecule has 0 bridgehead atoms. The fourth-order valence-electron chi connectivity index (χ4n) is 4.02. The number of allylic oxidation sites excluding steroid dienone is 1. The van der Waals surface area contributed by atoms with Crippen LogP contribution >= 0.6 is 0 Å². The highest BCUT2D eigenvalue weighted by Crippen LogP contribution is 2.54. The van der Waals surface area contributed by atoms with Crippen LogP contribution in [-0.4, -0.2) is 38.1 Å². The summed E-state index contributed by atoms with van der Waals surface area (Å²) in [5.41, 5.74) is 4.96. The van der Waals surface area contributed by atoms with E-state index in [4.69, 9.17) is 19.9 Å². The number of fused-ring (bicyclic) bond motifs is 2. The van der Waals surface area contributed by atoms with Gasteiger partial charge in [-0.2, -0.15) is 0 Å². The quantitative estimate of drug-likeness (QED) is 0.405. The lowest BCUT2D eigenvalue weighted by molar-refractivity contribution is -0.143. The second-order valence-electron chi connectivity index (χ2n) is 7.28. The molecule has 0 fully saturated rings. The van der Waals surface area contributed by atoms with Gasteiger partial charge in [0.15, 0.2) is 0 Å². The number of anilines is 1. The molecule has 164 valence electrons. The minimum Gasteiger partial charge on any atom is -0.462 e. The van der Waals surface area contributed by atoms with Crippen LogP contribution in [0.25, 0.3) is 0 Å². The van der Waals surface area contributed by atoms with Gasteiger partial charge in [-0.25, -0.2) is 9.59 Å². The van der Waals surface area contributed by atoms with Crippen molar-refractivity contribution in [1.29, 1.82) is 0 Å². The number of nitrogens with zero attached hydrogens (tertiary/aromatic N) is 1. The van der Waals surface area contributed by atoms with E-state index in [0.29, 0.717) is 17.7 Å². The summed E-state index contributed by atoms with van der Waals surface area (Å²) in [6.07, 6.45) is 2.86. The van der Waals surface area contributed by atoms with E-state index in [1.807, 2.05) is 6.92 Å². The van der Waals surface area contributed by atoms with E-state index in [2.05, 4.69) is 6.58 Å². The Morgan fingerprint density at radius 2 is 1.90 bits per heavy atom. The van der Waals surface area contributed by atoms with Crippen molar-refractivity contribution >= 4 is 23.5 Å². The van der Waals surface area contributed by atoms with Crippen LogP contribution in [0, 0.1) is 0 Å². The van der Waals surface area contributed by atoms with Gasteiger partial charge in [-0.1, -0.05) is 44.2 Å². The maximum Gasteiger partial charge on any atom is 0.341 e. The van der Waals surface area contributed by atoms with Gasteiger partial charge in [0.25, 0.3) is 0 Å². The molecule has 0 aliphatic carbocycles. The third-order valence-electron chi connectivity index (χ3n) is 5.38. The summed E-state index contributed by atoms with van der Waals surface area (Å²) >= 11 is 0. The molecule has 0 saturated heterocycles. The van der Waals surface area contributed by atoms with Crippen molar-refractivity contribution in [2.24, 2.45) is 5.73 Å². The smallest absolute Gasteiger partial charge is 0.341 e. The van der Waals surface area contributed by atoms with E-state index in [1.54, 1.807) is 31.3 Å². The van der Waals surface area contributed by atoms with Gasteiger partial charge in [-0.3, -0.25) is 4.79 Å². The van der Waals surface area contributed by atoms with Crippen molar-refractivity contribution in [2.75, 3.05) is 25.2 Å². The van der Waals surface area contributed by atoms with E-state index in [1.165, 1.54) is 17.9 Å². The lowest BCUT2D eigenvalue weighted by Gasteiger charge is -2.36. The molecule has 2 heterocycles. The molecule has 3 rings (SSSR count). The van der Waals surface area contributed by atoms with Gasteiger partial charge in [0.05, 0.1) is 6.61 Å². The molecule has 1 spiro atoms. The molecule has 8 heteroatoms. The Morgan fingerprint density at radius 3 is 2.58 bits per heavy atom.